The Morgan fingerprint density at radius 1 is 1.26 bits per heavy atom. The zero-order valence-corrected chi connectivity index (χ0v) is 13.7. The molecule has 2 aromatic carbocycles. The minimum absolute atomic E-state index is 0.0921. The van der Waals surface area contributed by atoms with E-state index in [-0.39, 0.29) is 6.03 Å². The van der Waals surface area contributed by atoms with Gasteiger partial charge in [0.1, 0.15) is 5.75 Å². The van der Waals surface area contributed by atoms with Crippen molar-refractivity contribution < 1.29 is 9.53 Å². The Morgan fingerprint density at radius 2 is 2.00 bits per heavy atom. The van der Waals surface area contributed by atoms with Crippen LogP contribution in [0.1, 0.15) is 18.4 Å². The Hall–Kier alpha value is -2.20. The van der Waals surface area contributed by atoms with Crippen LogP contribution in [-0.2, 0) is 6.54 Å². The lowest BCUT2D eigenvalue weighted by atomic mass is 10.2. The summed E-state index contributed by atoms with van der Waals surface area (Å²) in [6.45, 7) is 0.584. The second-order valence-corrected chi connectivity index (χ2v) is 6.08. The minimum Gasteiger partial charge on any atom is -0.497 e. The number of benzene rings is 2. The van der Waals surface area contributed by atoms with Crippen molar-refractivity contribution in [2.24, 2.45) is 0 Å². The third-order valence-electron chi connectivity index (χ3n) is 3.84. The number of rotatable bonds is 5. The third-order valence-corrected chi connectivity index (χ3v) is 4.07. The topological polar surface area (TPSA) is 41.6 Å². The summed E-state index contributed by atoms with van der Waals surface area (Å²) in [5.74, 6) is 0.815. The molecule has 0 unspecified atom stereocenters. The van der Waals surface area contributed by atoms with E-state index >= 15 is 0 Å². The van der Waals surface area contributed by atoms with Gasteiger partial charge in [0.15, 0.2) is 0 Å². The van der Waals surface area contributed by atoms with Crippen LogP contribution < -0.4 is 10.1 Å². The van der Waals surface area contributed by atoms with Crippen molar-refractivity contribution in [3.63, 3.8) is 0 Å². The molecule has 0 aromatic heterocycles. The Morgan fingerprint density at radius 3 is 2.61 bits per heavy atom. The Balaban J connectivity index is 1.69. The van der Waals surface area contributed by atoms with E-state index in [1.807, 2.05) is 41.3 Å². The fraction of sp³-hybridized carbons (Fsp3) is 0.278. The lowest BCUT2D eigenvalue weighted by molar-refractivity contribution is 0.206. The molecule has 23 heavy (non-hydrogen) atoms. The van der Waals surface area contributed by atoms with Crippen molar-refractivity contribution in [1.29, 1.82) is 0 Å². The molecule has 2 aromatic rings. The van der Waals surface area contributed by atoms with Gasteiger partial charge < -0.3 is 15.0 Å². The number of hydrogen-bond donors (Lipinski definition) is 1. The number of nitrogens with zero attached hydrogens (tertiary/aromatic N) is 1. The highest BCUT2D eigenvalue weighted by molar-refractivity contribution is 6.30. The van der Waals surface area contributed by atoms with Crippen LogP contribution >= 0.6 is 11.6 Å². The molecule has 0 atom stereocenters. The van der Waals surface area contributed by atoms with Gasteiger partial charge in [-0.15, -0.1) is 0 Å². The van der Waals surface area contributed by atoms with E-state index in [2.05, 4.69) is 5.32 Å². The number of carbonyl (C=O) groups excluding carboxylic acids is 1. The molecule has 1 aliphatic carbocycles. The van der Waals surface area contributed by atoms with Gasteiger partial charge >= 0.3 is 6.03 Å². The molecular formula is C18H19ClN2O2. The summed E-state index contributed by atoms with van der Waals surface area (Å²) < 4.78 is 5.17. The summed E-state index contributed by atoms with van der Waals surface area (Å²) in [6.07, 6.45) is 2.11. The maximum absolute atomic E-state index is 12.6. The highest BCUT2D eigenvalue weighted by atomic mass is 35.5. The number of hydrogen-bond acceptors (Lipinski definition) is 2. The van der Waals surface area contributed by atoms with Gasteiger partial charge in [0.25, 0.3) is 0 Å². The molecule has 1 fully saturated rings. The quantitative estimate of drug-likeness (QED) is 0.874. The predicted octanol–water partition coefficient (Wildman–Crippen LogP) is 4.55. The standard InChI is InChI=1S/C18H19ClN2O2/c1-23-17-9-5-13(6-10-17)12-21(16-7-8-16)18(22)20-15-4-2-3-14(19)11-15/h2-6,9-11,16H,7-8,12H2,1H3,(H,20,22). The van der Waals surface area contributed by atoms with Crippen LogP contribution in [0.4, 0.5) is 10.5 Å². The van der Waals surface area contributed by atoms with E-state index in [9.17, 15) is 4.79 Å². The summed E-state index contributed by atoms with van der Waals surface area (Å²) in [7, 11) is 1.64. The van der Waals surface area contributed by atoms with Gasteiger partial charge in [-0.25, -0.2) is 4.79 Å². The maximum atomic E-state index is 12.6. The minimum atomic E-state index is -0.0921. The fourth-order valence-corrected chi connectivity index (χ4v) is 2.63. The molecule has 1 aliphatic rings. The first kappa shape index (κ1) is 15.7. The summed E-state index contributed by atoms with van der Waals surface area (Å²) in [5, 5.41) is 3.53. The Labute approximate surface area is 141 Å². The molecule has 0 spiro atoms. The van der Waals surface area contributed by atoms with Crippen LogP contribution in [0, 0.1) is 0 Å². The summed E-state index contributed by atoms with van der Waals surface area (Å²) >= 11 is 5.96. The normalized spacial score (nSPS) is 13.5. The van der Waals surface area contributed by atoms with Crippen molar-refractivity contribution in [3.8, 4) is 5.75 Å². The van der Waals surface area contributed by atoms with Crippen LogP contribution in [-0.4, -0.2) is 24.1 Å². The van der Waals surface area contributed by atoms with Crippen LogP contribution in [0.2, 0.25) is 5.02 Å². The number of carbonyl (C=O) groups is 1. The molecule has 1 saturated carbocycles. The van der Waals surface area contributed by atoms with Gasteiger partial charge in [-0.1, -0.05) is 29.8 Å². The second kappa shape index (κ2) is 6.92. The zero-order valence-electron chi connectivity index (χ0n) is 13.0. The third kappa shape index (κ3) is 4.17. The Kier molecular flexibility index (Phi) is 4.72. The lowest BCUT2D eigenvalue weighted by Gasteiger charge is -2.23. The van der Waals surface area contributed by atoms with Gasteiger partial charge in [0.2, 0.25) is 0 Å². The first-order chi connectivity index (χ1) is 11.2. The molecule has 120 valence electrons. The number of halogens is 1. The molecule has 5 heteroatoms. The van der Waals surface area contributed by atoms with E-state index in [0.717, 1.165) is 24.2 Å². The van der Waals surface area contributed by atoms with Gasteiger partial charge in [-0.2, -0.15) is 0 Å². The molecule has 0 radical (unpaired) electrons. The Bertz CT molecular complexity index is 684. The SMILES string of the molecule is COc1ccc(CN(C(=O)Nc2cccc(Cl)c2)C2CC2)cc1. The van der Waals surface area contributed by atoms with Gasteiger partial charge in [0, 0.05) is 23.3 Å². The smallest absolute Gasteiger partial charge is 0.322 e. The molecular weight excluding hydrogens is 312 g/mol. The monoisotopic (exact) mass is 330 g/mol. The van der Waals surface area contributed by atoms with E-state index in [1.54, 1.807) is 19.2 Å². The lowest BCUT2D eigenvalue weighted by Crippen LogP contribution is -2.36. The number of nitrogens with one attached hydrogen (secondary N) is 1. The number of ether oxygens (including phenoxy) is 1. The highest BCUT2D eigenvalue weighted by Crippen LogP contribution is 2.29. The van der Waals surface area contributed by atoms with Crippen LogP contribution in [0.5, 0.6) is 5.75 Å². The molecule has 0 heterocycles. The molecule has 4 nitrogen and oxygen atoms in total. The number of amides is 2. The maximum Gasteiger partial charge on any atom is 0.322 e. The molecule has 3 rings (SSSR count). The van der Waals surface area contributed by atoms with Crippen molar-refractivity contribution >= 4 is 23.3 Å². The average molecular weight is 331 g/mol. The fourth-order valence-electron chi connectivity index (χ4n) is 2.44. The van der Waals surface area contributed by atoms with Crippen molar-refractivity contribution in [2.45, 2.75) is 25.4 Å². The van der Waals surface area contributed by atoms with E-state index in [4.69, 9.17) is 16.3 Å². The largest absolute Gasteiger partial charge is 0.497 e. The van der Waals surface area contributed by atoms with Crippen LogP contribution in [0.3, 0.4) is 0 Å². The second-order valence-electron chi connectivity index (χ2n) is 5.65. The van der Waals surface area contributed by atoms with Crippen molar-refractivity contribution in [3.05, 3.63) is 59.1 Å². The summed E-state index contributed by atoms with van der Waals surface area (Å²) in [4.78, 5) is 14.5. The van der Waals surface area contributed by atoms with Crippen molar-refractivity contribution in [2.75, 3.05) is 12.4 Å². The molecule has 1 N–H and O–H groups in total. The van der Waals surface area contributed by atoms with Crippen LogP contribution in [0.25, 0.3) is 0 Å². The molecule has 0 aliphatic heterocycles. The average Bonchev–Trinajstić information content (AvgIpc) is 3.38. The van der Waals surface area contributed by atoms with Crippen LogP contribution in [0.15, 0.2) is 48.5 Å². The van der Waals surface area contributed by atoms with E-state index in [0.29, 0.717) is 23.3 Å². The van der Waals surface area contributed by atoms with E-state index in [1.165, 1.54) is 0 Å². The highest BCUT2D eigenvalue weighted by Gasteiger charge is 2.32. The number of anilines is 1. The van der Waals surface area contributed by atoms with Gasteiger partial charge in [-0.05, 0) is 48.7 Å². The molecule has 0 bridgehead atoms. The number of urea groups is 1. The van der Waals surface area contributed by atoms with Crippen molar-refractivity contribution in [1.82, 2.24) is 4.90 Å². The molecule has 2 amide bonds. The first-order valence-corrected chi connectivity index (χ1v) is 7.99. The van der Waals surface area contributed by atoms with Gasteiger partial charge in [0.05, 0.1) is 7.11 Å². The first-order valence-electron chi connectivity index (χ1n) is 7.62. The summed E-state index contributed by atoms with van der Waals surface area (Å²) in [5.41, 5.74) is 1.79. The van der Waals surface area contributed by atoms with Gasteiger partial charge in [-0.3, -0.25) is 0 Å². The van der Waals surface area contributed by atoms with E-state index < -0.39 is 0 Å². The predicted molar refractivity (Wildman–Crippen MR) is 92.0 cm³/mol. The summed E-state index contributed by atoms with van der Waals surface area (Å²) in [6, 6.07) is 15.2. The molecule has 0 saturated heterocycles. The zero-order chi connectivity index (χ0) is 16.2. The number of methoxy groups -OCH3 is 1.